The molecule has 0 radical (unpaired) electrons. The van der Waals surface area contributed by atoms with Crippen molar-refractivity contribution >= 4 is 40.2 Å². The third-order valence-corrected chi connectivity index (χ3v) is 6.38. The molecule has 0 aliphatic heterocycles. The highest BCUT2D eigenvalue weighted by atomic mass is 32.2. The van der Waals surface area contributed by atoms with E-state index in [2.05, 4.69) is 15.6 Å². The molecule has 0 saturated carbocycles. The van der Waals surface area contributed by atoms with Gasteiger partial charge in [0.25, 0.3) is 11.5 Å². The van der Waals surface area contributed by atoms with Crippen molar-refractivity contribution in [2.45, 2.75) is 25.0 Å². The van der Waals surface area contributed by atoms with Crippen LogP contribution < -0.4 is 16.2 Å². The minimum atomic E-state index is -0.525. The molecule has 184 valence electrons. The molecular formula is C27H25FN4O3S. The first-order valence-electron chi connectivity index (χ1n) is 11.5. The number of halogens is 1. The lowest BCUT2D eigenvalue weighted by Crippen LogP contribution is -2.25. The van der Waals surface area contributed by atoms with Crippen LogP contribution in [-0.2, 0) is 11.3 Å². The topological polar surface area (TPSA) is 93.1 Å². The number of carbonyl (C=O) groups excluding carboxylic acids is 2. The van der Waals surface area contributed by atoms with Crippen LogP contribution in [-0.4, -0.2) is 33.7 Å². The smallest absolute Gasteiger partial charge is 0.262 e. The van der Waals surface area contributed by atoms with Crippen LogP contribution in [0.2, 0.25) is 0 Å². The third-order valence-electron chi connectivity index (χ3n) is 5.40. The number of aromatic nitrogens is 2. The Bertz CT molecular complexity index is 1450. The zero-order valence-electron chi connectivity index (χ0n) is 19.7. The molecule has 0 saturated heterocycles. The van der Waals surface area contributed by atoms with Crippen molar-refractivity contribution in [3.05, 3.63) is 100 Å². The van der Waals surface area contributed by atoms with Gasteiger partial charge in [-0.1, -0.05) is 55.1 Å². The molecular weight excluding hydrogens is 479 g/mol. The van der Waals surface area contributed by atoms with E-state index >= 15 is 0 Å². The van der Waals surface area contributed by atoms with E-state index in [1.165, 1.54) is 16.7 Å². The number of hydrogen-bond donors (Lipinski definition) is 2. The Morgan fingerprint density at radius 1 is 1.00 bits per heavy atom. The van der Waals surface area contributed by atoms with Crippen molar-refractivity contribution in [1.29, 1.82) is 0 Å². The molecule has 2 amide bonds. The molecule has 0 unspecified atom stereocenters. The Balaban J connectivity index is 1.57. The second kappa shape index (κ2) is 11.6. The number of anilines is 1. The van der Waals surface area contributed by atoms with Gasteiger partial charge >= 0.3 is 0 Å². The van der Waals surface area contributed by atoms with E-state index in [0.717, 1.165) is 23.7 Å². The lowest BCUT2D eigenvalue weighted by atomic mass is 10.1. The molecule has 2 N–H and O–H groups in total. The molecule has 1 aromatic heterocycles. The molecule has 1 heterocycles. The van der Waals surface area contributed by atoms with E-state index in [0.29, 0.717) is 28.2 Å². The summed E-state index contributed by atoms with van der Waals surface area (Å²) in [6.07, 6.45) is 0.848. The molecule has 0 fully saturated rings. The highest BCUT2D eigenvalue weighted by molar-refractivity contribution is 7.99. The predicted octanol–water partition coefficient (Wildman–Crippen LogP) is 4.45. The van der Waals surface area contributed by atoms with Crippen LogP contribution in [0.25, 0.3) is 10.9 Å². The van der Waals surface area contributed by atoms with E-state index in [4.69, 9.17) is 0 Å². The average molecular weight is 505 g/mol. The summed E-state index contributed by atoms with van der Waals surface area (Å²) >= 11 is 1.10. The Kier molecular flexibility index (Phi) is 8.12. The summed E-state index contributed by atoms with van der Waals surface area (Å²) in [5, 5.41) is 6.21. The highest BCUT2D eigenvalue weighted by Crippen LogP contribution is 2.20. The average Bonchev–Trinajstić information content (AvgIpc) is 2.89. The maximum Gasteiger partial charge on any atom is 0.262 e. The number of hydrogen-bond acceptors (Lipinski definition) is 5. The van der Waals surface area contributed by atoms with Gasteiger partial charge in [-0.3, -0.25) is 19.0 Å². The fraction of sp³-hybridized carbons (Fsp3) is 0.185. The molecule has 0 atom stereocenters. The van der Waals surface area contributed by atoms with Crippen molar-refractivity contribution in [2.75, 3.05) is 17.6 Å². The second-order valence-electron chi connectivity index (χ2n) is 8.07. The monoisotopic (exact) mass is 504 g/mol. The molecule has 4 aromatic rings. The zero-order chi connectivity index (χ0) is 25.5. The molecule has 36 heavy (non-hydrogen) atoms. The van der Waals surface area contributed by atoms with Crippen LogP contribution in [0.1, 0.15) is 29.3 Å². The summed E-state index contributed by atoms with van der Waals surface area (Å²) in [5.41, 5.74) is 1.73. The molecule has 9 heteroatoms. The van der Waals surface area contributed by atoms with Crippen LogP contribution in [0.5, 0.6) is 0 Å². The van der Waals surface area contributed by atoms with Gasteiger partial charge in [0.2, 0.25) is 5.91 Å². The van der Waals surface area contributed by atoms with Crippen LogP contribution in [0.15, 0.2) is 82.7 Å². The quantitative estimate of drug-likeness (QED) is 0.259. The normalized spacial score (nSPS) is 10.8. The second-order valence-corrected chi connectivity index (χ2v) is 9.01. The van der Waals surface area contributed by atoms with Crippen molar-refractivity contribution in [2.24, 2.45) is 0 Å². The number of nitrogens with one attached hydrogen (secondary N) is 2. The Morgan fingerprint density at radius 2 is 1.72 bits per heavy atom. The van der Waals surface area contributed by atoms with E-state index in [1.807, 2.05) is 6.92 Å². The van der Waals surface area contributed by atoms with Crippen LogP contribution in [0, 0.1) is 5.82 Å². The van der Waals surface area contributed by atoms with Crippen molar-refractivity contribution in [1.82, 2.24) is 14.9 Å². The first-order valence-corrected chi connectivity index (χ1v) is 12.5. The van der Waals surface area contributed by atoms with Crippen LogP contribution >= 0.6 is 11.8 Å². The molecule has 0 spiro atoms. The fourth-order valence-electron chi connectivity index (χ4n) is 3.56. The predicted molar refractivity (Wildman–Crippen MR) is 140 cm³/mol. The van der Waals surface area contributed by atoms with E-state index < -0.39 is 11.7 Å². The van der Waals surface area contributed by atoms with Crippen LogP contribution in [0.3, 0.4) is 0 Å². The van der Waals surface area contributed by atoms with E-state index in [1.54, 1.807) is 60.7 Å². The number of carbonyl (C=O) groups is 2. The van der Waals surface area contributed by atoms with Crippen LogP contribution in [0.4, 0.5) is 10.1 Å². The number of amides is 2. The Morgan fingerprint density at radius 3 is 2.47 bits per heavy atom. The van der Waals surface area contributed by atoms with E-state index in [-0.39, 0.29) is 29.5 Å². The van der Waals surface area contributed by atoms with Gasteiger partial charge in [-0.05, 0) is 48.4 Å². The summed E-state index contributed by atoms with van der Waals surface area (Å²) in [5.74, 6) is -1.15. The summed E-state index contributed by atoms with van der Waals surface area (Å²) in [7, 11) is 0. The summed E-state index contributed by atoms with van der Waals surface area (Å²) in [6.45, 7) is 2.80. The minimum Gasteiger partial charge on any atom is -0.352 e. The molecule has 4 rings (SSSR count). The van der Waals surface area contributed by atoms with Crippen molar-refractivity contribution in [3.8, 4) is 0 Å². The summed E-state index contributed by atoms with van der Waals surface area (Å²) in [4.78, 5) is 42.6. The first-order chi connectivity index (χ1) is 17.5. The number of thioether (sulfide) groups is 1. The molecule has 0 aliphatic rings. The van der Waals surface area contributed by atoms with Gasteiger partial charge in [-0.2, -0.15) is 0 Å². The van der Waals surface area contributed by atoms with Gasteiger partial charge in [-0.25, -0.2) is 9.37 Å². The number of benzene rings is 3. The zero-order valence-corrected chi connectivity index (χ0v) is 20.5. The molecule has 0 aliphatic carbocycles. The number of rotatable bonds is 9. The number of fused-ring (bicyclic) bond motifs is 1. The fourth-order valence-corrected chi connectivity index (χ4v) is 4.36. The Hall–Kier alpha value is -3.98. The van der Waals surface area contributed by atoms with Gasteiger partial charge < -0.3 is 10.6 Å². The highest BCUT2D eigenvalue weighted by Gasteiger charge is 2.15. The third kappa shape index (κ3) is 5.98. The van der Waals surface area contributed by atoms with Gasteiger partial charge in [0.15, 0.2) is 5.16 Å². The minimum absolute atomic E-state index is 0.0599. The van der Waals surface area contributed by atoms with Crippen molar-refractivity contribution < 1.29 is 14.0 Å². The lowest BCUT2D eigenvalue weighted by molar-refractivity contribution is -0.113. The lowest BCUT2D eigenvalue weighted by Gasteiger charge is -2.14. The maximum absolute atomic E-state index is 13.9. The standard InChI is InChI=1S/C27H25FN4O3S/c1-2-15-29-25(34)19-13-11-18(12-14-19)16-32-26(35)20-7-3-5-9-22(20)31-27(32)36-17-24(33)30-23-10-6-4-8-21(23)28/h3-14H,2,15-17H2,1H3,(H,29,34)(H,30,33). The summed E-state index contributed by atoms with van der Waals surface area (Å²) < 4.78 is 15.4. The number of para-hydroxylation sites is 2. The molecule has 0 bridgehead atoms. The SMILES string of the molecule is CCCNC(=O)c1ccc(Cn2c(SCC(=O)Nc3ccccc3F)nc3ccccc3c2=O)cc1. The largest absolute Gasteiger partial charge is 0.352 e. The van der Waals surface area contributed by atoms with Gasteiger partial charge in [0.1, 0.15) is 5.82 Å². The number of nitrogens with zero attached hydrogens (tertiary/aromatic N) is 2. The van der Waals surface area contributed by atoms with Crippen molar-refractivity contribution in [3.63, 3.8) is 0 Å². The Labute approximate surface area is 211 Å². The van der Waals surface area contributed by atoms with E-state index in [9.17, 15) is 18.8 Å². The van der Waals surface area contributed by atoms with Gasteiger partial charge in [0, 0.05) is 12.1 Å². The first kappa shape index (κ1) is 25.1. The molecule has 3 aromatic carbocycles. The van der Waals surface area contributed by atoms with Gasteiger partial charge in [0.05, 0.1) is 28.9 Å². The molecule has 7 nitrogen and oxygen atoms in total. The summed E-state index contributed by atoms with van der Waals surface area (Å²) in [6, 6.07) is 20.0. The maximum atomic E-state index is 13.9. The van der Waals surface area contributed by atoms with Gasteiger partial charge in [-0.15, -0.1) is 0 Å².